The molecule has 1 aliphatic heterocycles. The number of nitrogens with one attached hydrogen (secondary N) is 1. The van der Waals surface area contributed by atoms with Gasteiger partial charge in [-0.1, -0.05) is 11.3 Å². The molecule has 0 amide bonds. The van der Waals surface area contributed by atoms with Crippen molar-refractivity contribution in [2.75, 3.05) is 32.5 Å². The summed E-state index contributed by atoms with van der Waals surface area (Å²) in [5.74, 6) is -1.58. The lowest BCUT2D eigenvalue weighted by molar-refractivity contribution is -0.142. The molecule has 1 fully saturated rings. The van der Waals surface area contributed by atoms with Gasteiger partial charge in [0.25, 0.3) is 0 Å². The van der Waals surface area contributed by atoms with Crippen molar-refractivity contribution in [3.05, 3.63) is 30.2 Å². The number of hydrogen-bond acceptors (Lipinski definition) is 7. The summed E-state index contributed by atoms with van der Waals surface area (Å²) in [6.45, 7) is -0.642. The van der Waals surface area contributed by atoms with E-state index in [-0.39, 0.29) is 40.2 Å². The van der Waals surface area contributed by atoms with Crippen molar-refractivity contribution in [3.63, 3.8) is 0 Å². The van der Waals surface area contributed by atoms with E-state index in [4.69, 9.17) is 8.85 Å². The number of aromatic nitrogens is 6. The Morgan fingerprint density at radius 1 is 1.31 bits per heavy atom. The molecule has 0 saturated carbocycles. The maximum Gasteiger partial charge on any atom is 0.408 e. The second kappa shape index (κ2) is 8.59. The Balaban J connectivity index is 1.61. The predicted molar refractivity (Wildman–Crippen MR) is 116 cm³/mol. The molecule has 4 aromatic rings. The molecular formula is C21H21F5N8O. The zero-order valence-corrected chi connectivity index (χ0v) is 18.2. The molecule has 14 heteroatoms. The Morgan fingerprint density at radius 3 is 2.89 bits per heavy atom. The fourth-order valence-electron chi connectivity index (χ4n) is 4.22. The third kappa shape index (κ3) is 4.45. The number of ether oxygens (including phenoxy) is 1. The van der Waals surface area contributed by atoms with Crippen LogP contribution < -0.4 is 10.1 Å². The van der Waals surface area contributed by atoms with Crippen molar-refractivity contribution >= 4 is 22.5 Å². The zero-order chi connectivity index (χ0) is 27.4. The van der Waals surface area contributed by atoms with Gasteiger partial charge in [-0.05, 0) is 31.2 Å². The summed E-state index contributed by atoms with van der Waals surface area (Å²) in [7, 11) is -1.21. The van der Waals surface area contributed by atoms with Crippen LogP contribution in [0.5, 0.6) is 5.88 Å². The van der Waals surface area contributed by atoms with Gasteiger partial charge in [-0.2, -0.15) is 18.2 Å². The molecule has 35 heavy (non-hydrogen) atoms. The van der Waals surface area contributed by atoms with Crippen LogP contribution in [0.4, 0.5) is 27.9 Å². The van der Waals surface area contributed by atoms with E-state index in [1.54, 1.807) is 7.05 Å². The lowest BCUT2D eigenvalue weighted by atomic mass is 10.0. The molecule has 1 aromatic carbocycles. The van der Waals surface area contributed by atoms with Crippen molar-refractivity contribution < 1.29 is 30.8 Å². The van der Waals surface area contributed by atoms with Gasteiger partial charge in [-0.25, -0.2) is 18.0 Å². The fraction of sp³-hybridized carbons (Fsp3) is 0.429. The molecular weight excluding hydrogens is 475 g/mol. The van der Waals surface area contributed by atoms with Crippen LogP contribution in [0.15, 0.2) is 24.4 Å². The number of fused-ring (bicyclic) bond motifs is 2. The molecule has 1 aliphatic rings. The molecule has 186 valence electrons. The first-order valence-electron chi connectivity index (χ1n) is 12.0. The lowest BCUT2D eigenvalue weighted by Gasteiger charge is -2.32. The summed E-state index contributed by atoms with van der Waals surface area (Å²) >= 11 is 0. The van der Waals surface area contributed by atoms with Crippen molar-refractivity contribution in [1.29, 1.82) is 0 Å². The molecule has 0 radical (unpaired) electrons. The molecule has 0 unspecified atom stereocenters. The normalized spacial score (nSPS) is 21.1. The second-order valence-corrected chi connectivity index (χ2v) is 8.37. The van der Waals surface area contributed by atoms with Crippen LogP contribution >= 0.6 is 0 Å². The van der Waals surface area contributed by atoms with E-state index in [0.717, 1.165) is 10.7 Å². The van der Waals surface area contributed by atoms with Crippen LogP contribution in [-0.4, -0.2) is 80.1 Å². The van der Waals surface area contributed by atoms with E-state index < -0.39 is 43.7 Å². The average molecular weight is 499 g/mol. The lowest BCUT2D eigenvalue weighted by Crippen LogP contribution is -2.46. The van der Waals surface area contributed by atoms with Gasteiger partial charge in [0, 0.05) is 13.1 Å². The molecule has 9 nitrogen and oxygen atoms in total. The van der Waals surface area contributed by atoms with Gasteiger partial charge in [0.2, 0.25) is 11.8 Å². The number of methoxy groups -OCH3 is 1. The quantitative estimate of drug-likeness (QED) is 0.422. The molecule has 1 saturated heterocycles. The summed E-state index contributed by atoms with van der Waals surface area (Å²) in [6.07, 6.45) is -4.48. The highest BCUT2D eigenvalue weighted by molar-refractivity contribution is 5.89. The number of benzene rings is 1. The predicted octanol–water partition coefficient (Wildman–Crippen LogP) is 3.31. The number of hydrogen-bond donors (Lipinski definition) is 1. The van der Waals surface area contributed by atoms with Crippen molar-refractivity contribution in [1.82, 2.24) is 34.5 Å². The fourth-order valence-corrected chi connectivity index (χ4v) is 4.22. The third-order valence-electron chi connectivity index (χ3n) is 5.84. The number of halogens is 5. The largest absolute Gasteiger partial charge is 0.479 e. The Kier molecular flexibility index (Phi) is 4.84. The Morgan fingerprint density at radius 2 is 2.14 bits per heavy atom. The van der Waals surface area contributed by atoms with E-state index >= 15 is 4.39 Å². The van der Waals surface area contributed by atoms with Gasteiger partial charge in [0.15, 0.2) is 5.82 Å². The minimum Gasteiger partial charge on any atom is -0.479 e. The third-order valence-corrected chi connectivity index (χ3v) is 5.84. The van der Waals surface area contributed by atoms with Gasteiger partial charge in [0.1, 0.15) is 23.7 Å². The van der Waals surface area contributed by atoms with Gasteiger partial charge in [-0.15, -0.1) is 10.2 Å². The van der Waals surface area contributed by atoms with Gasteiger partial charge in [0.05, 0.1) is 34.5 Å². The van der Waals surface area contributed by atoms with Crippen molar-refractivity contribution in [2.24, 2.45) is 0 Å². The van der Waals surface area contributed by atoms with E-state index in [1.165, 1.54) is 18.2 Å². The minimum atomic E-state index is -4.57. The second-order valence-electron chi connectivity index (χ2n) is 8.37. The highest BCUT2D eigenvalue weighted by atomic mass is 19.4. The van der Waals surface area contributed by atoms with Crippen LogP contribution in [0.2, 0.25) is 0 Å². The number of piperidine rings is 1. The topological polar surface area (TPSA) is 85.4 Å². The Labute approximate surface area is 199 Å². The Hall–Kier alpha value is -3.55. The summed E-state index contributed by atoms with van der Waals surface area (Å²) in [5, 5.41) is 14.2. The van der Waals surface area contributed by atoms with Gasteiger partial charge >= 0.3 is 6.18 Å². The van der Waals surface area contributed by atoms with Crippen LogP contribution in [0.25, 0.3) is 27.7 Å². The molecule has 5 rings (SSSR count). The molecule has 2 atom stereocenters. The molecule has 0 bridgehead atoms. The highest BCUT2D eigenvalue weighted by Crippen LogP contribution is 2.35. The van der Waals surface area contributed by atoms with Gasteiger partial charge < -0.3 is 15.0 Å². The van der Waals surface area contributed by atoms with Crippen LogP contribution in [0, 0.1) is 5.82 Å². The summed E-state index contributed by atoms with van der Waals surface area (Å²) < 4.78 is 98.1. The first-order valence-corrected chi connectivity index (χ1v) is 10.5. The maximum atomic E-state index is 15.3. The van der Waals surface area contributed by atoms with E-state index in [2.05, 4.69) is 25.7 Å². The van der Waals surface area contributed by atoms with Crippen LogP contribution in [0.1, 0.15) is 10.5 Å². The summed E-state index contributed by atoms with van der Waals surface area (Å²) in [6, 6.07) is 3.32. The Bertz CT molecular complexity index is 1490. The molecule has 4 heterocycles. The van der Waals surface area contributed by atoms with Crippen molar-refractivity contribution in [2.45, 2.75) is 31.4 Å². The number of alkyl halides is 4. The minimum absolute atomic E-state index is 0.0210. The summed E-state index contributed by atoms with van der Waals surface area (Å²) in [4.78, 5) is 5.92. The number of rotatable bonds is 5. The molecule has 0 spiro atoms. The molecule has 0 aliphatic carbocycles. The number of nitrogens with zero attached hydrogens (tertiary/aromatic N) is 7. The van der Waals surface area contributed by atoms with E-state index in [9.17, 15) is 17.6 Å². The maximum absolute atomic E-state index is 15.3. The first-order chi connectivity index (χ1) is 17.8. The smallest absolute Gasteiger partial charge is 0.408 e. The van der Waals surface area contributed by atoms with Crippen molar-refractivity contribution in [3.8, 4) is 17.0 Å². The standard InChI is InChI=1S/C21H21F5N8O/c1-32-6-5-14(12(22)8-32)27-20-28-19(35-2)18-17(13(23)9-33(18)30-20)11-3-4-15-16(7-11)34(31-29-15)10-21(24,25)26/h3-4,7,9,12,14H,5-6,8,10H2,1-2H3,(H,27,30)/t12-,14+/m1/s1/i2D3. The SMILES string of the molecule is [2H]C([2H])([2H])Oc1nc(N[C@H]2CCN(C)C[C@H]2F)nn2cc(F)c(-c3ccc4nnn(CC(F)(F)F)c4c3)c12. The van der Waals surface area contributed by atoms with Gasteiger partial charge in [-0.3, -0.25) is 0 Å². The van der Waals surface area contributed by atoms with E-state index in [1.807, 2.05) is 4.90 Å². The summed E-state index contributed by atoms with van der Waals surface area (Å²) in [5.41, 5.74) is -0.185. The highest BCUT2D eigenvalue weighted by Gasteiger charge is 2.31. The number of anilines is 1. The first kappa shape index (κ1) is 19.7. The van der Waals surface area contributed by atoms with Crippen LogP contribution in [0.3, 0.4) is 0 Å². The average Bonchev–Trinajstić information content (AvgIpc) is 3.33. The zero-order valence-electron chi connectivity index (χ0n) is 21.2. The monoisotopic (exact) mass is 499 g/mol. The van der Waals surface area contributed by atoms with Crippen LogP contribution in [-0.2, 0) is 6.54 Å². The van der Waals surface area contributed by atoms with E-state index in [0.29, 0.717) is 17.6 Å². The number of likely N-dealkylation sites (tertiary alicyclic amines) is 1. The molecule has 3 aromatic heterocycles. The molecule has 1 N–H and O–H groups in total.